The predicted molar refractivity (Wildman–Crippen MR) is 204 cm³/mol. The molecular formula is C45H39N3O5. The second-order valence-corrected chi connectivity index (χ2v) is 12.8. The van der Waals surface area contributed by atoms with Crippen molar-refractivity contribution in [2.24, 2.45) is 0 Å². The minimum Gasteiger partial charge on any atom is -0.489 e. The van der Waals surface area contributed by atoms with Crippen molar-refractivity contribution in [1.29, 1.82) is 0 Å². The molecule has 2 heterocycles. The molecule has 1 aliphatic rings. The van der Waals surface area contributed by atoms with Crippen molar-refractivity contribution in [2.45, 2.75) is 39.6 Å². The molecule has 53 heavy (non-hydrogen) atoms. The summed E-state index contributed by atoms with van der Waals surface area (Å²) in [5, 5.41) is 8.36. The highest BCUT2D eigenvalue weighted by Crippen LogP contribution is 2.43. The average molecular weight is 702 g/mol. The minimum atomic E-state index is -0.871. The first-order valence-electron chi connectivity index (χ1n) is 17.5. The summed E-state index contributed by atoms with van der Waals surface area (Å²) in [6.07, 6.45) is 1.88. The van der Waals surface area contributed by atoms with E-state index in [1.807, 2.05) is 166 Å². The van der Waals surface area contributed by atoms with E-state index in [1.54, 1.807) is 4.68 Å². The molecular weight excluding hydrogens is 663 g/mol. The van der Waals surface area contributed by atoms with Crippen LogP contribution in [0.2, 0.25) is 0 Å². The largest absolute Gasteiger partial charge is 0.489 e. The maximum atomic E-state index is 14.2. The van der Waals surface area contributed by atoms with Crippen molar-refractivity contribution in [2.75, 3.05) is 0 Å². The highest BCUT2D eigenvalue weighted by molar-refractivity contribution is 6.00. The summed E-state index contributed by atoms with van der Waals surface area (Å²) < 4.78 is 19.7. The molecule has 0 aliphatic carbocycles. The minimum absolute atomic E-state index is 0.0697. The summed E-state index contributed by atoms with van der Waals surface area (Å²) in [6, 6.07) is 46.4. The monoisotopic (exact) mass is 701 g/mol. The van der Waals surface area contributed by atoms with E-state index in [4.69, 9.17) is 19.3 Å². The fourth-order valence-electron chi connectivity index (χ4n) is 6.43. The van der Waals surface area contributed by atoms with Crippen LogP contribution in [0.25, 0.3) is 16.9 Å². The summed E-state index contributed by atoms with van der Waals surface area (Å²) in [4.78, 5) is 28.5. The molecule has 1 aromatic heterocycles. The zero-order valence-corrected chi connectivity index (χ0v) is 29.6. The smallest absolute Gasteiger partial charge is 0.337 e. The van der Waals surface area contributed by atoms with Crippen molar-refractivity contribution in [3.63, 3.8) is 0 Å². The molecule has 1 aliphatic heterocycles. The van der Waals surface area contributed by atoms with Crippen molar-refractivity contribution in [3.8, 4) is 22.7 Å². The highest BCUT2D eigenvalue weighted by Gasteiger charge is 2.40. The van der Waals surface area contributed by atoms with Crippen LogP contribution in [-0.4, -0.2) is 21.7 Å². The molecule has 0 saturated heterocycles. The van der Waals surface area contributed by atoms with Crippen LogP contribution in [0.1, 0.15) is 42.0 Å². The van der Waals surface area contributed by atoms with Gasteiger partial charge in [0.25, 0.3) is 0 Å². The Morgan fingerprint density at radius 1 is 0.604 bits per heavy atom. The van der Waals surface area contributed by atoms with Gasteiger partial charge in [-0.15, -0.1) is 0 Å². The number of aromatic nitrogens is 2. The molecule has 8 nitrogen and oxygen atoms in total. The van der Waals surface area contributed by atoms with Crippen molar-refractivity contribution in [3.05, 3.63) is 197 Å². The summed E-state index contributed by atoms with van der Waals surface area (Å²) >= 11 is 0. The fraction of sp³-hybridized carbons (Fsp3) is 0.133. The molecule has 264 valence electrons. The Labute approximate surface area is 309 Å². The number of dihydropyridines is 1. The van der Waals surface area contributed by atoms with Gasteiger partial charge in [0.15, 0.2) is 0 Å². The lowest BCUT2D eigenvalue weighted by atomic mass is 9.79. The summed E-state index contributed by atoms with van der Waals surface area (Å²) in [5.74, 6) is -1.27. The number of para-hydroxylation sites is 1. The number of rotatable bonds is 12. The third kappa shape index (κ3) is 8.13. The Morgan fingerprint density at radius 2 is 1.06 bits per heavy atom. The molecule has 0 amide bonds. The lowest BCUT2D eigenvalue weighted by molar-refractivity contribution is -0.141. The molecule has 0 spiro atoms. The van der Waals surface area contributed by atoms with Gasteiger partial charge in [0.2, 0.25) is 0 Å². The van der Waals surface area contributed by atoms with E-state index in [2.05, 4.69) is 5.32 Å². The van der Waals surface area contributed by atoms with Gasteiger partial charge in [-0.2, -0.15) is 5.10 Å². The third-order valence-electron chi connectivity index (χ3n) is 9.08. The maximum absolute atomic E-state index is 14.2. The van der Waals surface area contributed by atoms with E-state index in [9.17, 15) is 9.59 Å². The van der Waals surface area contributed by atoms with Crippen LogP contribution in [0, 0.1) is 0 Å². The number of hydrogen-bond acceptors (Lipinski definition) is 7. The zero-order valence-electron chi connectivity index (χ0n) is 29.6. The van der Waals surface area contributed by atoms with Gasteiger partial charge >= 0.3 is 11.9 Å². The molecule has 7 rings (SSSR count). The second kappa shape index (κ2) is 16.1. The van der Waals surface area contributed by atoms with Crippen molar-refractivity contribution >= 4 is 11.9 Å². The van der Waals surface area contributed by atoms with Gasteiger partial charge in [-0.25, -0.2) is 14.3 Å². The molecule has 0 saturated carbocycles. The fourth-order valence-corrected chi connectivity index (χ4v) is 6.43. The molecule has 1 N–H and O–H groups in total. The van der Waals surface area contributed by atoms with Gasteiger partial charge in [0.05, 0.1) is 28.4 Å². The van der Waals surface area contributed by atoms with Gasteiger partial charge < -0.3 is 19.5 Å². The van der Waals surface area contributed by atoms with Crippen molar-refractivity contribution in [1.82, 2.24) is 15.1 Å². The number of carbonyl (C=O) groups excluding carboxylic acids is 2. The maximum Gasteiger partial charge on any atom is 0.337 e. The number of carbonyl (C=O) groups is 2. The molecule has 0 bridgehead atoms. The molecule has 0 unspecified atom stereocenters. The average Bonchev–Trinajstić information content (AvgIpc) is 3.65. The number of hydrogen-bond donors (Lipinski definition) is 1. The topological polar surface area (TPSA) is 91.7 Å². The van der Waals surface area contributed by atoms with E-state index >= 15 is 0 Å². The summed E-state index contributed by atoms with van der Waals surface area (Å²) in [6.45, 7) is 4.21. The van der Waals surface area contributed by atoms with E-state index in [-0.39, 0.29) is 13.2 Å². The van der Waals surface area contributed by atoms with Crippen LogP contribution in [0.5, 0.6) is 5.75 Å². The highest BCUT2D eigenvalue weighted by atomic mass is 16.5. The van der Waals surface area contributed by atoms with E-state index in [0.717, 1.165) is 27.9 Å². The molecule has 0 atom stereocenters. The SMILES string of the molecule is CC1=C(C(=O)OCc2ccccc2)C(c2cn(-c3ccccc3)nc2-c2ccc(OCc3ccccc3)cc2)C(C(=O)OCc2ccccc2)=C(C)N1. The Balaban J connectivity index is 1.30. The number of nitrogens with one attached hydrogen (secondary N) is 1. The number of ether oxygens (including phenoxy) is 3. The first-order valence-corrected chi connectivity index (χ1v) is 17.5. The first-order chi connectivity index (χ1) is 25.9. The van der Waals surface area contributed by atoms with Crippen LogP contribution in [-0.2, 0) is 38.9 Å². The molecule has 0 fully saturated rings. The van der Waals surface area contributed by atoms with Gasteiger partial charge in [-0.1, -0.05) is 109 Å². The van der Waals surface area contributed by atoms with E-state index in [0.29, 0.717) is 46.2 Å². The zero-order chi connectivity index (χ0) is 36.6. The van der Waals surface area contributed by atoms with Gasteiger partial charge in [-0.3, -0.25) is 0 Å². The molecule has 8 heteroatoms. The number of allylic oxidation sites excluding steroid dienone is 2. The quantitative estimate of drug-likeness (QED) is 0.128. The van der Waals surface area contributed by atoms with Crippen LogP contribution in [0.4, 0.5) is 0 Å². The Kier molecular flexibility index (Phi) is 10.6. The first kappa shape index (κ1) is 34.8. The van der Waals surface area contributed by atoms with Crippen LogP contribution >= 0.6 is 0 Å². The number of benzene rings is 5. The summed E-state index contributed by atoms with van der Waals surface area (Å²) in [5.41, 5.74) is 7.36. The van der Waals surface area contributed by atoms with E-state index < -0.39 is 17.9 Å². The molecule has 6 aromatic rings. The van der Waals surface area contributed by atoms with Crippen molar-refractivity contribution < 1.29 is 23.8 Å². The molecule has 0 radical (unpaired) electrons. The normalized spacial score (nSPS) is 13.0. The Morgan fingerprint density at radius 3 is 1.55 bits per heavy atom. The van der Waals surface area contributed by atoms with Gasteiger partial charge in [0, 0.05) is 28.7 Å². The number of esters is 2. The van der Waals surface area contributed by atoms with Gasteiger partial charge in [0.1, 0.15) is 25.6 Å². The Bertz CT molecular complexity index is 2170. The number of nitrogens with zero attached hydrogens (tertiary/aromatic N) is 2. The molecule has 5 aromatic carbocycles. The lowest BCUT2D eigenvalue weighted by Gasteiger charge is -2.30. The van der Waals surface area contributed by atoms with E-state index in [1.165, 1.54) is 0 Å². The Hall–Kier alpha value is -6.67. The van der Waals surface area contributed by atoms with Crippen LogP contribution in [0.3, 0.4) is 0 Å². The van der Waals surface area contributed by atoms with Gasteiger partial charge in [-0.05, 0) is 66.9 Å². The second-order valence-electron chi connectivity index (χ2n) is 12.8. The predicted octanol–water partition coefficient (Wildman–Crippen LogP) is 8.84. The van der Waals surface area contributed by atoms with Crippen LogP contribution < -0.4 is 10.1 Å². The summed E-state index contributed by atoms with van der Waals surface area (Å²) in [7, 11) is 0. The third-order valence-corrected chi connectivity index (χ3v) is 9.08. The standard InChI is InChI=1S/C45H39N3O5/c1-31-40(44(49)52-29-34-17-9-4-10-18-34)42(41(32(2)46-31)45(50)53-30-35-19-11-5-12-20-35)39-27-48(37-21-13-6-14-22-37)47-43(39)36-23-25-38(26-24-36)51-28-33-15-7-3-8-16-33/h3-27,42,46H,28-30H2,1-2H3. The lowest BCUT2D eigenvalue weighted by Crippen LogP contribution is -2.32. The van der Waals surface area contributed by atoms with Crippen LogP contribution in [0.15, 0.2) is 174 Å².